The maximum Gasteiger partial charge on any atom is 0.0969 e. The highest BCUT2D eigenvalue weighted by atomic mass is 16.5. The molecule has 2 nitrogen and oxygen atoms in total. The van der Waals surface area contributed by atoms with Crippen LogP contribution in [-0.2, 0) is 4.74 Å². The summed E-state index contributed by atoms with van der Waals surface area (Å²) in [6, 6.07) is 0. The number of fused-ring (bicyclic) bond motifs is 2. The zero-order valence-corrected chi connectivity index (χ0v) is 24.1. The Kier molecular flexibility index (Phi) is 10.6. The third kappa shape index (κ3) is 6.38. The van der Waals surface area contributed by atoms with Crippen LogP contribution < -0.4 is 5.32 Å². The molecule has 0 aromatic heterocycles. The standard InChI is InChI=1S/C34H61NO/c1-2-3-4-5-6-7-8-9-10-11-12-13-14-15-23-35-26-36-29-24-28-19-20-31-30-18-16-17-27(30)21-22-34(31)32(25-29)33(28)34/h27-33,35H,2-26H2,1H3. The Morgan fingerprint density at radius 1 is 0.667 bits per heavy atom. The lowest BCUT2D eigenvalue weighted by molar-refractivity contribution is -0.00507. The Bertz CT molecular complexity index is 635. The van der Waals surface area contributed by atoms with Crippen molar-refractivity contribution in [2.24, 2.45) is 40.9 Å². The molecular formula is C34H61NO. The van der Waals surface area contributed by atoms with E-state index in [2.05, 4.69) is 12.2 Å². The van der Waals surface area contributed by atoms with Crippen LogP contribution in [0, 0.1) is 40.9 Å². The zero-order chi connectivity index (χ0) is 24.6. The molecule has 5 aliphatic carbocycles. The van der Waals surface area contributed by atoms with Gasteiger partial charge in [0.25, 0.3) is 0 Å². The zero-order valence-electron chi connectivity index (χ0n) is 24.1. The smallest absolute Gasteiger partial charge is 0.0969 e. The van der Waals surface area contributed by atoms with E-state index in [9.17, 15) is 0 Å². The highest BCUT2D eigenvalue weighted by Gasteiger charge is 2.74. The van der Waals surface area contributed by atoms with Crippen LogP contribution in [0.5, 0.6) is 0 Å². The Morgan fingerprint density at radius 3 is 2.08 bits per heavy atom. The first-order chi connectivity index (χ1) is 17.8. The molecule has 0 aliphatic heterocycles. The largest absolute Gasteiger partial charge is 0.363 e. The predicted molar refractivity (Wildman–Crippen MR) is 153 cm³/mol. The van der Waals surface area contributed by atoms with Crippen molar-refractivity contribution >= 4 is 0 Å². The van der Waals surface area contributed by atoms with Gasteiger partial charge in [-0.05, 0) is 98.8 Å². The molecule has 0 amide bonds. The van der Waals surface area contributed by atoms with Gasteiger partial charge in [0, 0.05) is 0 Å². The number of hydrogen-bond donors (Lipinski definition) is 1. The van der Waals surface area contributed by atoms with Crippen molar-refractivity contribution in [1.82, 2.24) is 5.32 Å². The number of nitrogens with one attached hydrogen (secondary N) is 1. The van der Waals surface area contributed by atoms with Crippen LogP contribution in [0.15, 0.2) is 0 Å². The van der Waals surface area contributed by atoms with Crippen molar-refractivity contribution in [3.05, 3.63) is 0 Å². The molecule has 0 aromatic rings. The normalized spacial score (nSPS) is 38.4. The molecule has 5 saturated carbocycles. The van der Waals surface area contributed by atoms with Crippen LogP contribution in [0.1, 0.15) is 155 Å². The fourth-order valence-electron chi connectivity index (χ4n) is 10.4. The molecular weight excluding hydrogens is 438 g/mol. The second-order valence-corrected chi connectivity index (χ2v) is 14.1. The first kappa shape index (κ1) is 27.5. The van der Waals surface area contributed by atoms with Gasteiger partial charge < -0.3 is 4.74 Å². The van der Waals surface area contributed by atoms with E-state index in [1.807, 2.05) is 0 Å². The Morgan fingerprint density at radius 2 is 1.36 bits per heavy atom. The van der Waals surface area contributed by atoms with Gasteiger partial charge in [-0.15, -0.1) is 0 Å². The van der Waals surface area contributed by atoms with Crippen molar-refractivity contribution in [2.75, 3.05) is 13.3 Å². The van der Waals surface area contributed by atoms with Gasteiger partial charge in [-0.3, -0.25) is 5.32 Å². The number of ether oxygens (including phenoxy) is 1. The Labute approximate surface area is 224 Å². The molecule has 5 rings (SSSR count). The molecule has 0 heterocycles. The maximum atomic E-state index is 6.46. The van der Waals surface area contributed by atoms with Crippen LogP contribution in [0.4, 0.5) is 0 Å². The van der Waals surface area contributed by atoms with E-state index in [1.165, 1.54) is 116 Å². The molecule has 8 unspecified atom stereocenters. The Hall–Kier alpha value is -0.0800. The predicted octanol–water partition coefficient (Wildman–Crippen LogP) is 9.66. The second kappa shape index (κ2) is 13.8. The molecule has 208 valence electrons. The minimum absolute atomic E-state index is 0.555. The first-order valence-corrected chi connectivity index (χ1v) is 17.2. The molecule has 2 heteroatoms. The molecule has 1 N–H and O–H groups in total. The average molecular weight is 500 g/mol. The fourth-order valence-corrected chi connectivity index (χ4v) is 10.4. The van der Waals surface area contributed by atoms with Crippen LogP contribution in [0.25, 0.3) is 0 Å². The van der Waals surface area contributed by atoms with Gasteiger partial charge in [0.15, 0.2) is 0 Å². The summed E-state index contributed by atoms with van der Waals surface area (Å²) in [5.41, 5.74) is 0.800. The summed E-state index contributed by atoms with van der Waals surface area (Å²) in [4.78, 5) is 0. The highest BCUT2D eigenvalue weighted by Crippen LogP contribution is 2.80. The molecule has 0 bridgehead atoms. The van der Waals surface area contributed by atoms with Crippen LogP contribution in [0.2, 0.25) is 0 Å². The van der Waals surface area contributed by atoms with E-state index in [1.54, 1.807) is 32.1 Å². The summed E-state index contributed by atoms with van der Waals surface area (Å²) in [5.74, 6) is 6.51. The van der Waals surface area contributed by atoms with E-state index in [0.717, 1.165) is 54.2 Å². The highest BCUT2D eigenvalue weighted by molar-refractivity contribution is 5.22. The monoisotopic (exact) mass is 499 g/mol. The summed E-state index contributed by atoms with van der Waals surface area (Å²) in [6.45, 7) is 4.25. The van der Waals surface area contributed by atoms with Gasteiger partial charge in [0.2, 0.25) is 0 Å². The van der Waals surface area contributed by atoms with Gasteiger partial charge in [-0.25, -0.2) is 0 Å². The SMILES string of the molecule is CCCCCCCCCCCCCCCCNCOC1CC2CCC3C4CCCC4CCC34C(C1)C24. The van der Waals surface area contributed by atoms with Crippen molar-refractivity contribution in [1.29, 1.82) is 0 Å². The molecule has 0 radical (unpaired) electrons. The lowest BCUT2D eigenvalue weighted by atomic mass is 9.59. The molecule has 5 fully saturated rings. The quantitative estimate of drug-likeness (QED) is 0.150. The molecule has 36 heavy (non-hydrogen) atoms. The van der Waals surface area contributed by atoms with Crippen LogP contribution >= 0.6 is 0 Å². The van der Waals surface area contributed by atoms with Crippen molar-refractivity contribution in [3.8, 4) is 0 Å². The third-order valence-corrected chi connectivity index (χ3v) is 12.1. The molecule has 5 aliphatic rings. The second-order valence-electron chi connectivity index (χ2n) is 14.1. The van der Waals surface area contributed by atoms with Gasteiger partial charge >= 0.3 is 0 Å². The number of unbranched alkanes of at least 4 members (excludes halogenated alkanes) is 13. The van der Waals surface area contributed by atoms with Crippen LogP contribution in [0.3, 0.4) is 0 Å². The fraction of sp³-hybridized carbons (Fsp3) is 1.00. The van der Waals surface area contributed by atoms with Gasteiger partial charge in [0.1, 0.15) is 0 Å². The number of rotatable bonds is 18. The molecule has 0 aromatic carbocycles. The number of hydrogen-bond acceptors (Lipinski definition) is 2. The van der Waals surface area contributed by atoms with E-state index in [-0.39, 0.29) is 0 Å². The van der Waals surface area contributed by atoms with Gasteiger partial charge in [-0.1, -0.05) is 103 Å². The minimum atomic E-state index is 0.555. The van der Waals surface area contributed by atoms with Crippen LogP contribution in [-0.4, -0.2) is 19.4 Å². The van der Waals surface area contributed by atoms with Crippen molar-refractivity contribution in [2.45, 2.75) is 161 Å². The molecule has 1 spiro atoms. The van der Waals surface area contributed by atoms with Gasteiger partial charge in [0.05, 0.1) is 12.8 Å². The maximum absolute atomic E-state index is 6.46. The van der Waals surface area contributed by atoms with Gasteiger partial charge in [-0.2, -0.15) is 0 Å². The first-order valence-electron chi connectivity index (χ1n) is 17.2. The van der Waals surface area contributed by atoms with E-state index in [4.69, 9.17) is 4.74 Å². The average Bonchev–Trinajstić information content (AvgIpc) is 3.28. The lowest BCUT2D eigenvalue weighted by Crippen LogP contribution is -2.38. The summed E-state index contributed by atoms with van der Waals surface area (Å²) < 4.78 is 6.46. The Balaban J connectivity index is 0.851. The summed E-state index contributed by atoms with van der Waals surface area (Å²) in [7, 11) is 0. The third-order valence-electron chi connectivity index (χ3n) is 12.1. The molecule has 0 saturated heterocycles. The summed E-state index contributed by atoms with van der Waals surface area (Å²) >= 11 is 0. The van der Waals surface area contributed by atoms with E-state index < -0.39 is 0 Å². The van der Waals surface area contributed by atoms with E-state index in [0.29, 0.717) is 6.10 Å². The molecule has 8 atom stereocenters. The summed E-state index contributed by atoms with van der Waals surface area (Å²) in [5, 5.41) is 3.63. The van der Waals surface area contributed by atoms with E-state index >= 15 is 0 Å². The van der Waals surface area contributed by atoms with Crippen molar-refractivity contribution < 1.29 is 4.74 Å². The van der Waals surface area contributed by atoms with Crippen molar-refractivity contribution in [3.63, 3.8) is 0 Å². The summed E-state index contributed by atoms with van der Waals surface area (Å²) in [6.07, 6.45) is 34.4. The minimum Gasteiger partial charge on any atom is -0.363 e. The topological polar surface area (TPSA) is 21.3 Å². The lowest BCUT2D eigenvalue weighted by Gasteiger charge is -2.46.